The van der Waals surface area contributed by atoms with Crippen LogP contribution in [0.4, 0.5) is 0 Å². The summed E-state index contributed by atoms with van der Waals surface area (Å²) >= 11 is 5.90. The summed E-state index contributed by atoms with van der Waals surface area (Å²) in [6, 6.07) is 6.85. The first kappa shape index (κ1) is 20.7. The molecule has 5 nitrogen and oxygen atoms in total. The van der Waals surface area contributed by atoms with Crippen LogP contribution in [0.3, 0.4) is 0 Å². The Morgan fingerprint density at radius 3 is 2.50 bits per heavy atom. The van der Waals surface area contributed by atoms with Crippen LogP contribution in [0.15, 0.2) is 24.3 Å². The van der Waals surface area contributed by atoms with Gasteiger partial charge in [-0.05, 0) is 36.1 Å². The smallest absolute Gasteiger partial charge is 0.225 e. The highest BCUT2D eigenvalue weighted by Crippen LogP contribution is 2.30. The maximum atomic E-state index is 12.6. The van der Waals surface area contributed by atoms with E-state index in [-0.39, 0.29) is 42.1 Å². The zero-order valence-corrected chi connectivity index (χ0v) is 15.6. The molecule has 3 N–H and O–H groups in total. The summed E-state index contributed by atoms with van der Waals surface area (Å²) in [6.45, 7) is 5.53. The van der Waals surface area contributed by atoms with Crippen molar-refractivity contribution in [2.24, 2.45) is 11.1 Å². The summed E-state index contributed by atoms with van der Waals surface area (Å²) in [7, 11) is 0. The molecule has 2 unspecified atom stereocenters. The summed E-state index contributed by atoms with van der Waals surface area (Å²) in [5.74, 6) is -0.123. The molecule has 0 spiro atoms. The Balaban J connectivity index is 0.00000288. The third-order valence-corrected chi connectivity index (χ3v) is 4.68. The zero-order chi connectivity index (χ0) is 17.0. The van der Waals surface area contributed by atoms with Gasteiger partial charge in [0.25, 0.3) is 0 Å². The van der Waals surface area contributed by atoms with Gasteiger partial charge in [-0.25, -0.2) is 0 Å². The summed E-state index contributed by atoms with van der Waals surface area (Å²) < 4.78 is 0. The van der Waals surface area contributed by atoms with Crippen molar-refractivity contribution in [2.45, 2.75) is 32.7 Å². The summed E-state index contributed by atoms with van der Waals surface area (Å²) in [6.07, 6.45) is 1.16. The van der Waals surface area contributed by atoms with E-state index in [1.807, 2.05) is 17.0 Å². The molecule has 0 radical (unpaired) electrons. The Morgan fingerprint density at radius 2 is 2.00 bits per heavy atom. The van der Waals surface area contributed by atoms with E-state index in [2.05, 4.69) is 12.2 Å². The molecule has 1 saturated heterocycles. The van der Waals surface area contributed by atoms with E-state index in [4.69, 9.17) is 17.3 Å². The van der Waals surface area contributed by atoms with Gasteiger partial charge in [0.1, 0.15) is 0 Å². The highest BCUT2D eigenvalue weighted by Gasteiger charge is 2.35. The molecule has 1 heterocycles. The second-order valence-electron chi connectivity index (χ2n) is 6.59. The molecule has 2 amide bonds. The van der Waals surface area contributed by atoms with Crippen molar-refractivity contribution in [1.82, 2.24) is 10.2 Å². The lowest BCUT2D eigenvalue weighted by molar-refractivity contribution is -0.131. The maximum Gasteiger partial charge on any atom is 0.225 e. The lowest BCUT2D eigenvalue weighted by atomic mass is 9.90. The molecule has 2 atom stereocenters. The molecule has 1 aromatic rings. The molecular formula is C17H25Cl2N3O2. The lowest BCUT2D eigenvalue weighted by Gasteiger charge is -2.25. The lowest BCUT2D eigenvalue weighted by Crippen LogP contribution is -2.37. The third kappa shape index (κ3) is 5.36. The van der Waals surface area contributed by atoms with Crippen molar-refractivity contribution in [3.8, 4) is 0 Å². The number of hydrogen-bond acceptors (Lipinski definition) is 3. The van der Waals surface area contributed by atoms with E-state index >= 15 is 0 Å². The number of halogens is 2. The Hall–Kier alpha value is -1.30. The van der Waals surface area contributed by atoms with Crippen LogP contribution in [0.1, 0.15) is 38.3 Å². The fraction of sp³-hybridized carbons (Fsp3) is 0.529. The molecule has 134 valence electrons. The number of carbonyl (C=O) groups is 2. The number of nitrogens with zero attached hydrogens (tertiary/aromatic N) is 1. The van der Waals surface area contributed by atoms with Gasteiger partial charge in [-0.15, -0.1) is 12.4 Å². The van der Waals surface area contributed by atoms with Crippen LogP contribution in [-0.4, -0.2) is 36.3 Å². The van der Waals surface area contributed by atoms with Crippen LogP contribution in [0.2, 0.25) is 5.02 Å². The van der Waals surface area contributed by atoms with Gasteiger partial charge in [0.15, 0.2) is 0 Å². The van der Waals surface area contributed by atoms with Gasteiger partial charge < -0.3 is 16.0 Å². The number of nitrogens with two attached hydrogens (primary N) is 1. The molecule has 0 aromatic heterocycles. The summed E-state index contributed by atoms with van der Waals surface area (Å²) in [5, 5.41) is 3.48. The Kier molecular flexibility index (Phi) is 7.52. The number of hydrogen-bond donors (Lipinski definition) is 2. The zero-order valence-electron chi connectivity index (χ0n) is 14.0. The van der Waals surface area contributed by atoms with Crippen LogP contribution in [0, 0.1) is 5.41 Å². The number of nitrogens with one attached hydrogen (secondary N) is 1. The van der Waals surface area contributed by atoms with Crippen LogP contribution in [0.25, 0.3) is 0 Å². The molecule has 1 fully saturated rings. The number of amides is 2. The third-order valence-electron chi connectivity index (χ3n) is 4.43. The molecule has 2 rings (SSSR count). The van der Waals surface area contributed by atoms with Gasteiger partial charge in [0.05, 0.1) is 12.5 Å². The van der Waals surface area contributed by atoms with E-state index in [0.717, 1.165) is 18.5 Å². The van der Waals surface area contributed by atoms with Crippen molar-refractivity contribution in [2.75, 3.05) is 19.6 Å². The van der Waals surface area contributed by atoms with E-state index < -0.39 is 0 Å². The topological polar surface area (TPSA) is 75.4 Å². The van der Waals surface area contributed by atoms with Gasteiger partial charge in [0.2, 0.25) is 11.8 Å². The summed E-state index contributed by atoms with van der Waals surface area (Å²) in [4.78, 5) is 25.9. The minimum absolute atomic E-state index is 0. The van der Waals surface area contributed by atoms with Crippen molar-refractivity contribution >= 4 is 35.8 Å². The van der Waals surface area contributed by atoms with Crippen LogP contribution >= 0.6 is 24.0 Å². The van der Waals surface area contributed by atoms with Crippen molar-refractivity contribution in [3.63, 3.8) is 0 Å². The SMILES string of the molecule is CC(=O)NC(CC(=O)N1CCC(C)(CN)C1)c1ccc(Cl)cc1.Cl. The first-order valence-corrected chi connectivity index (χ1v) is 8.21. The minimum atomic E-state index is -0.345. The van der Waals surface area contributed by atoms with Gasteiger partial charge in [-0.3, -0.25) is 9.59 Å². The van der Waals surface area contributed by atoms with Crippen LogP contribution in [-0.2, 0) is 9.59 Å². The average Bonchev–Trinajstić information content (AvgIpc) is 2.90. The Morgan fingerprint density at radius 1 is 1.38 bits per heavy atom. The predicted octanol–water partition coefficient (Wildman–Crippen LogP) is 2.53. The highest BCUT2D eigenvalue weighted by atomic mass is 35.5. The highest BCUT2D eigenvalue weighted by molar-refractivity contribution is 6.30. The minimum Gasteiger partial charge on any atom is -0.349 e. The fourth-order valence-corrected chi connectivity index (χ4v) is 3.03. The average molecular weight is 374 g/mol. The van der Waals surface area contributed by atoms with E-state index in [0.29, 0.717) is 18.1 Å². The molecule has 1 aromatic carbocycles. The van der Waals surface area contributed by atoms with Gasteiger partial charge in [-0.2, -0.15) is 0 Å². The standard InChI is InChI=1S/C17H24ClN3O2.ClH/c1-12(22)20-15(13-3-5-14(18)6-4-13)9-16(23)21-8-7-17(2,10-19)11-21;/h3-6,15H,7-11,19H2,1-2H3,(H,20,22);1H. The molecule has 1 aliphatic rings. The summed E-state index contributed by atoms with van der Waals surface area (Å²) in [5.41, 5.74) is 6.67. The first-order chi connectivity index (χ1) is 10.8. The predicted molar refractivity (Wildman–Crippen MR) is 98.2 cm³/mol. The second kappa shape index (κ2) is 8.70. The molecule has 24 heavy (non-hydrogen) atoms. The van der Waals surface area contributed by atoms with E-state index in [9.17, 15) is 9.59 Å². The largest absolute Gasteiger partial charge is 0.349 e. The van der Waals surface area contributed by atoms with Crippen molar-refractivity contribution < 1.29 is 9.59 Å². The van der Waals surface area contributed by atoms with Crippen LogP contribution < -0.4 is 11.1 Å². The van der Waals surface area contributed by atoms with Gasteiger partial charge in [0, 0.05) is 25.0 Å². The molecular weight excluding hydrogens is 349 g/mol. The number of rotatable bonds is 5. The number of carbonyl (C=O) groups excluding carboxylic acids is 2. The maximum absolute atomic E-state index is 12.6. The Labute approximate surface area is 154 Å². The molecule has 0 saturated carbocycles. The molecule has 0 bridgehead atoms. The monoisotopic (exact) mass is 373 g/mol. The second-order valence-corrected chi connectivity index (χ2v) is 7.03. The van der Waals surface area contributed by atoms with Gasteiger partial charge in [-0.1, -0.05) is 30.7 Å². The fourth-order valence-electron chi connectivity index (χ4n) is 2.90. The quantitative estimate of drug-likeness (QED) is 0.832. The molecule has 7 heteroatoms. The van der Waals surface area contributed by atoms with Crippen LogP contribution in [0.5, 0.6) is 0 Å². The van der Waals surface area contributed by atoms with Gasteiger partial charge >= 0.3 is 0 Å². The van der Waals surface area contributed by atoms with E-state index in [1.54, 1.807) is 12.1 Å². The van der Waals surface area contributed by atoms with E-state index in [1.165, 1.54) is 6.92 Å². The van der Waals surface area contributed by atoms with Crippen molar-refractivity contribution in [1.29, 1.82) is 0 Å². The van der Waals surface area contributed by atoms with Crippen molar-refractivity contribution in [3.05, 3.63) is 34.9 Å². The Bertz CT molecular complexity index is 580. The molecule has 1 aliphatic heterocycles. The number of benzene rings is 1. The first-order valence-electron chi connectivity index (χ1n) is 7.83. The normalized spacial score (nSPS) is 21.1. The number of likely N-dealkylation sites (tertiary alicyclic amines) is 1. The molecule has 0 aliphatic carbocycles.